The maximum Gasteiger partial charge on any atom is 0.220 e. The van der Waals surface area contributed by atoms with Crippen LogP contribution in [0.1, 0.15) is 32.3 Å². The number of hydrogen-bond donors (Lipinski definition) is 1. The number of carbonyl (C=O) groups is 1. The number of rotatable bonds is 6. The van der Waals surface area contributed by atoms with Gasteiger partial charge in [0.25, 0.3) is 0 Å². The summed E-state index contributed by atoms with van der Waals surface area (Å²) in [6, 6.07) is 7.82. The molecule has 0 fully saturated rings. The molecule has 24 heavy (non-hydrogen) atoms. The van der Waals surface area contributed by atoms with Crippen molar-refractivity contribution in [2.45, 2.75) is 39.2 Å². The van der Waals surface area contributed by atoms with Gasteiger partial charge in [-0.15, -0.1) is 0 Å². The van der Waals surface area contributed by atoms with Gasteiger partial charge in [-0.25, -0.2) is 9.97 Å². The van der Waals surface area contributed by atoms with Crippen LogP contribution in [-0.4, -0.2) is 28.5 Å². The molecule has 5 heteroatoms. The molecule has 1 unspecified atom stereocenters. The van der Waals surface area contributed by atoms with E-state index in [-0.39, 0.29) is 12.0 Å². The van der Waals surface area contributed by atoms with Gasteiger partial charge in [-0.2, -0.15) is 0 Å². The van der Waals surface area contributed by atoms with Crippen LogP contribution in [0, 0.1) is 5.92 Å². The Morgan fingerprint density at radius 2 is 2.08 bits per heavy atom. The fraction of sp³-hybridized carbons (Fsp3) is 0.421. The summed E-state index contributed by atoms with van der Waals surface area (Å²) in [5.74, 6) is 2.13. The van der Waals surface area contributed by atoms with Crippen LogP contribution in [0.5, 0.6) is 5.75 Å². The van der Waals surface area contributed by atoms with Crippen molar-refractivity contribution in [2.24, 2.45) is 5.92 Å². The molecule has 0 saturated heterocycles. The Morgan fingerprint density at radius 1 is 1.29 bits per heavy atom. The molecule has 126 valence electrons. The summed E-state index contributed by atoms with van der Waals surface area (Å²) in [5, 5.41) is 2.98. The summed E-state index contributed by atoms with van der Waals surface area (Å²) >= 11 is 0. The highest BCUT2D eigenvalue weighted by Gasteiger charge is 2.26. The third kappa shape index (κ3) is 3.91. The summed E-state index contributed by atoms with van der Waals surface area (Å²) in [4.78, 5) is 20.5. The predicted molar refractivity (Wildman–Crippen MR) is 92.7 cm³/mol. The smallest absolute Gasteiger partial charge is 0.220 e. The summed E-state index contributed by atoms with van der Waals surface area (Å²) in [6.45, 7) is 4.77. The molecule has 1 aromatic carbocycles. The third-order valence-corrected chi connectivity index (χ3v) is 4.11. The minimum absolute atomic E-state index is 0.0344. The first-order valence-electron chi connectivity index (χ1n) is 8.46. The summed E-state index contributed by atoms with van der Waals surface area (Å²) in [6.07, 6.45) is 5.69. The second kappa shape index (κ2) is 7.43. The molecule has 5 nitrogen and oxygen atoms in total. The number of aromatic nitrogens is 2. The highest BCUT2D eigenvalue weighted by molar-refractivity contribution is 5.76. The van der Waals surface area contributed by atoms with Gasteiger partial charge in [-0.05, 0) is 30.0 Å². The summed E-state index contributed by atoms with van der Waals surface area (Å²) in [7, 11) is 0. The minimum Gasteiger partial charge on any atom is -0.487 e. The van der Waals surface area contributed by atoms with Crippen molar-refractivity contribution < 1.29 is 9.53 Å². The van der Waals surface area contributed by atoms with Crippen LogP contribution in [0.2, 0.25) is 0 Å². The number of hydrogen-bond acceptors (Lipinski definition) is 4. The van der Waals surface area contributed by atoms with Crippen molar-refractivity contribution in [1.29, 1.82) is 0 Å². The van der Waals surface area contributed by atoms with E-state index in [1.54, 1.807) is 18.5 Å². The molecule has 0 aliphatic carbocycles. The number of carbonyl (C=O) groups excluding carboxylic acids is 1. The van der Waals surface area contributed by atoms with Gasteiger partial charge in [0.05, 0.1) is 12.1 Å². The van der Waals surface area contributed by atoms with E-state index in [9.17, 15) is 4.79 Å². The van der Waals surface area contributed by atoms with Crippen LogP contribution in [0.25, 0.3) is 11.4 Å². The number of para-hydroxylation sites is 1. The van der Waals surface area contributed by atoms with Crippen LogP contribution in [0.4, 0.5) is 0 Å². The van der Waals surface area contributed by atoms with Crippen LogP contribution in [0.3, 0.4) is 0 Å². The topological polar surface area (TPSA) is 64.1 Å². The molecule has 1 amide bonds. The lowest BCUT2D eigenvalue weighted by atomic mass is 10.1. The molecule has 0 saturated carbocycles. The molecule has 1 aliphatic heterocycles. The number of fused-ring (bicyclic) bond motifs is 1. The molecule has 1 atom stereocenters. The summed E-state index contributed by atoms with van der Waals surface area (Å²) in [5.41, 5.74) is 2.04. The maximum absolute atomic E-state index is 11.9. The molecule has 2 heterocycles. The van der Waals surface area contributed by atoms with Gasteiger partial charge in [0.1, 0.15) is 11.9 Å². The van der Waals surface area contributed by atoms with Crippen LogP contribution in [-0.2, 0) is 11.2 Å². The number of nitrogens with zero attached hydrogens (tertiary/aromatic N) is 2. The molecule has 0 bridgehead atoms. The van der Waals surface area contributed by atoms with Crippen LogP contribution < -0.4 is 10.1 Å². The number of nitrogens with one attached hydrogen (secondary N) is 1. The first-order valence-corrected chi connectivity index (χ1v) is 8.46. The van der Waals surface area contributed by atoms with Gasteiger partial charge < -0.3 is 10.1 Å². The number of benzene rings is 1. The van der Waals surface area contributed by atoms with E-state index in [0.29, 0.717) is 24.7 Å². The highest BCUT2D eigenvalue weighted by Crippen LogP contribution is 2.37. The quantitative estimate of drug-likeness (QED) is 0.887. The minimum atomic E-state index is -0.0344. The van der Waals surface area contributed by atoms with E-state index in [4.69, 9.17) is 4.74 Å². The van der Waals surface area contributed by atoms with E-state index in [2.05, 4.69) is 35.2 Å². The third-order valence-electron chi connectivity index (χ3n) is 4.11. The average molecular weight is 325 g/mol. The zero-order valence-corrected chi connectivity index (χ0v) is 14.2. The van der Waals surface area contributed by atoms with Crippen molar-refractivity contribution in [1.82, 2.24) is 15.3 Å². The zero-order chi connectivity index (χ0) is 16.9. The SMILES string of the molecule is CC(C)CCC(=O)NCC1Cc2cccc(-c3ncccn3)c2O1. The fourth-order valence-corrected chi connectivity index (χ4v) is 2.80. The standard InChI is InChI=1S/C19H23N3O2/c1-13(2)7-8-17(23)22-12-15-11-14-5-3-6-16(18(14)24-15)19-20-9-4-10-21-19/h3-6,9-10,13,15H,7-8,11-12H2,1-2H3,(H,22,23). The van der Waals surface area contributed by atoms with E-state index < -0.39 is 0 Å². The second-order valence-corrected chi connectivity index (χ2v) is 6.55. The molecule has 2 aromatic rings. The lowest BCUT2D eigenvalue weighted by Gasteiger charge is -2.13. The lowest BCUT2D eigenvalue weighted by Crippen LogP contribution is -2.34. The largest absolute Gasteiger partial charge is 0.487 e. The zero-order valence-electron chi connectivity index (χ0n) is 14.2. The Hall–Kier alpha value is -2.43. The highest BCUT2D eigenvalue weighted by atomic mass is 16.5. The van der Waals surface area contributed by atoms with Gasteiger partial charge in [-0.1, -0.05) is 26.0 Å². The Morgan fingerprint density at radius 3 is 2.83 bits per heavy atom. The van der Waals surface area contributed by atoms with E-state index >= 15 is 0 Å². The molecule has 3 rings (SSSR count). The molecule has 1 aliphatic rings. The second-order valence-electron chi connectivity index (χ2n) is 6.55. The van der Waals surface area contributed by atoms with Crippen molar-refractivity contribution in [2.75, 3.05) is 6.54 Å². The van der Waals surface area contributed by atoms with Crippen molar-refractivity contribution in [3.05, 3.63) is 42.2 Å². The Balaban J connectivity index is 1.62. The normalized spacial score (nSPS) is 15.9. The Kier molecular flexibility index (Phi) is 5.08. The molecular formula is C19H23N3O2. The fourth-order valence-electron chi connectivity index (χ4n) is 2.80. The molecule has 0 spiro atoms. The van der Waals surface area contributed by atoms with Crippen LogP contribution >= 0.6 is 0 Å². The first kappa shape index (κ1) is 16.4. The van der Waals surface area contributed by atoms with Crippen LogP contribution in [0.15, 0.2) is 36.7 Å². The maximum atomic E-state index is 11.9. The lowest BCUT2D eigenvalue weighted by molar-refractivity contribution is -0.121. The summed E-state index contributed by atoms with van der Waals surface area (Å²) < 4.78 is 6.07. The molecule has 1 aromatic heterocycles. The Labute approximate surface area is 142 Å². The van der Waals surface area contributed by atoms with E-state index in [1.807, 2.05) is 12.1 Å². The van der Waals surface area contributed by atoms with Gasteiger partial charge in [-0.3, -0.25) is 4.79 Å². The van der Waals surface area contributed by atoms with Crippen molar-refractivity contribution in [3.8, 4) is 17.1 Å². The van der Waals surface area contributed by atoms with E-state index in [0.717, 1.165) is 29.7 Å². The molecule has 1 N–H and O–H groups in total. The van der Waals surface area contributed by atoms with Gasteiger partial charge in [0.15, 0.2) is 5.82 Å². The van der Waals surface area contributed by atoms with Gasteiger partial charge >= 0.3 is 0 Å². The predicted octanol–water partition coefficient (Wildman–Crippen LogP) is 3.00. The first-order chi connectivity index (χ1) is 11.6. The van der Waals surface area contributed by atoms with E-state index in [1.165, 1.54) is 0 Å². The van der Waals surface area contributed by atoms with Crippen molar-refractivity contribution >= 4 is 5.91 Å². The Bertz CT molecular complexity index is 701. The number of amides is 1. The van der Waals surface area contributed by atoms with Crippen molar-refractivity contribution in [3.63, 3.8) is 0 Å². The monoisotopic (exact) mass is 325 g/mol. The van der Waals surface area contributed by atoms with Gasteiger partial charge in [0.2, 0.25) is 5.91 Å². The number of ether oxygens (including phenoxy) is 1. The average Bonchev–Trinajstić information content (AvgIpc) is 3.02. The molecular weight excluding hydrogens is 302 g/mol. The van der Waals surface area contributed by atoms with Gasteiger partial charge in [0, 0.05) is 25.2 Å². The molecule has 0 radical (unpaired) electrons.